The molecule has 2 atom stereocenters. The van der Waals surface area contributed by atoms with E-state index in [1.165, 1.54) is 23.5 Å². The average Bonchev–Trinajstić information content (AvgIpc) is 3.18. The summed E-state index contributed by atoms with van der Waals surface area (Å²) in [5.41, 5.74) is 6.52. The highest BCUT2D eigenvalue weighted by Crippen LogP contribution is 2.25. The summed E-state index contributed by atoms with van der Waals surface area (Å²) in [6.45, 7) is 0.378. The second-order valence-corrected chi connectivity index (χ2v) is 8.35. The predicted octanol–water partition coefficient (Wildman–Crippen LogP) is 2.38. The molecule has 0 saturated carbocycles. The van der Waals surface area contributed by atoms with Crippen molar-refractivity contribution in [3.63, 3.8) is 0 Å². The maximum absolute atomic E-state index is 12.9. The highest BCUT2D eigenvalue weighted by molar-refractivity contribution is 7.92. The van der Waals surface area contributed by atoms with E-state index in [4.69, 9.17) is 10.5 Å². The molecule has 1 heterocycles. The Morgan fingerprint density at radius 3 is 2.54 bits per heavy atom. The smallest absolute Gasteiger partial charge is 0.264 e. The van der Waals surface area contributed by atoms with Crippen LogP contribution in [0, 0.1) is 0 Å². The second kappa shape index (κ2) is 9.38. The van der Waals surface area contributed by atoms with Crippen molar-refractivity contribution >= 4 is 39.7 Å². The Labute approximate surface area is 171 Å². The molecule has 2 aromatic rings. The zero-order valence-corrected chi connectivity index (χ0v) is 17.1. The lowest BCUT2D eigenvalue weighted by Gasteiger charge is -2.20. The summed E-state index contributed by atoms with van der Waals surface area (Å²) < 4.78 is 32.5. The van der Waals surface area contributed by atoms with Crippen LogP contribution in [0.4, 0.5) is 11.4 Å². The van der Waals surface area contributed by atoms with Gasteiger partial charge in [-0.25, -0.2) is 8.42 Å². The molecule has 0 bridgehead atoms. The molecular weight excluding hydrogens is 402 g/mol. The highest BCUT2D eigenvalue weighted by atomic mass is 35.5. The number of anilines is 2. The third-order valence-electron chi connectivity index (χ3n) is 4.54. The number of hydrogen-bond acceptors (Lipinski definition) is 5. The quantitative estimate of drug-likeness (QED) is 0.739. The Balaban J connectivity index is 0.00000280. The van der Waals surface area contributed by atoms with Gasteiger partial charge in [0.25, 0.3) is 15.9 Å². The fourth-order valence-corrected chi connectivity index (χ4v) is 4.21. The van der Waals surface area contributed by atoms with Gasteiger partial charge in [-0.05, 0) is 43.2 Å². The molecule has 1 saturated heterocycles. The number of amides is 1. The van der Waals surface area contributed by atoms with E-state index in [1.807, 2.05) is 6.07 Å². The van der Waals surface area contributed by atoms with Crippen molar-refractivity contribution in [3.05, 3.63) is 54.6 Å². The molecule has 2 aromatic carbocycles. The van der Waals surface area contributed by atoms with Crippen LogP contribution in [0.15, 0.2) is 59.5 Å². The van der Waals surface area contributed by atoms with Crippen molar-refractivity contribution < 1.29 is 17.9 Å². The van der Waals surface area contributed by atoms with Crippen molar-refractivity contribution in [1.29, 1.82) is 0 Å². The molecule has 3 rings (SSSR count). The minimum atomic E-state index is -3.75. The van der Waals surface area contributed by atoms with Gasteiger partial charge >= 0.3 is 0 Å². The van der Waals surface area contributed by atoms with Crippen molar-refractivity contribution in [2.24, 2.45) is 5.73 Å². The number of halogens is 1. The molecule has 7 nitrogen and oxygen atoms in total. The number of sulfonamides is 1. The van der Waals surface area contributed by atoms with Crippen LogP contribution in [0.25, 0.3) is 0 Å². The van der Waals surface area contributed by atoms with E-state index in [0.717, 1.165) is 6.42 Å². The van der Waals surface area contributed by atoms with Gasteiger partial charge in [-0.1, -0.05) is 24.3 Å². The zero-order chi connectivity index (χ0) is 19.4. The zero-order valence-electron chi connectivity index (χ0n) is 15.4. The van der Waals surface area contributed by atoms with E-state index < -0.39 is 16.1 Å². The van der Waals surface area contributed by atoms with Crippen LogP contribution in [0.5, 0.6) is 0 Å². The molecule has 28 heavy (non-hydrogen) atoms. The summed E-state index contributed by atoms with van der Waals surface area (Å²) >= 11 is 0. The first kappa shape index (κ1) is 22.2. The Morgan fingerprint density at radius 1 is 1.18 bits per heavy atom. The molecule has 0 spiro atoms. The number of carbonyl (C=O) groups is 1. The summed E-state index contributed by atoms with van der Waals surface area (Å²) in [4.78, 5) is 12.5. The molecule has 0 unspecified atom stereocenters. The molecule has 0 radical (unpaired) electrons. The van der Waals surface area contributed by atoms with Crippen LogP contribution in [0.2, 0.25) is 0 Å². The van der Waals surface area contributed by atoms with Gasteiger partial charge in [0, 0.05) is 19.3 Å². The number of nitrogens with two attached hydrogens (primary N) is 1. The van der Waals surface area contributed by atoms with Gasteiger partial charge in [0.05, 0.1) is 16.7 Å². The van der Waals surface area contributed by atoms with Gasteiger partial charge in [-0.3, -0.25) is 9.10 Å². The van der Waals surface area contributed by atoms with Gasteiger partial charge in [0.2, 0.25) is 0 Å². The summed E-state index contributed by atoms with van der Waals surface area (Å²) in [6, 6.07) is 15.0. The lowest BCUT2D eigenvalue weighted by Crippen LogP contribution is -2.30. The average molecular weight is 426 g/mol. The molecule has 0 aliphatic carbocycles. The lowest BCUT2D eigenvalue weighted by atomic mass is 10.2. The Morgan fingerprint density at radius 2 is 1.89 bits per heavy atom. The normalized spacial score (nSPS) is 18.9. The minimum Gasteiger partial charge on any atom is -0.364 e. The molecular formula is C19H24ClN3O4S. The van der Waals surface area contributed by atoms with Gasteiger partial charge in [0.15, 0.2) is 0 Å². The maximum Gasteiger partial charge on any atom is 0.264 e. The minimum absolute atomic E-state index is 0. The SMILES string of the molecule is CN(c1ccccc1)S(=O)(=O)c1cccc(NC(=O)[C@@H]2CC[C@H](CN)O2)c1.Cl. The molecule has 3 N–H and O–H groups in total. The molecule has 152 valence electrons. The largest absolute Gasteiger partial charge is 0.364 e. The standard InChI is InChI=1S/C19H23N3O4S.ClH/c1-22(15-7-3-2-4-8-15)27(24,25)17-9-5-6-14(12-17)21-19(23)18-11-10-16(13-20)26-18;/h2-9,12,16,18H,10-11,13,20H2,1H3,(H,21,23);1H/t16-,18+;/m1./s1. The van der Waals surface area contributed by atoms with Crippen molar-refractivity contribution in [1.82, 2.24) is 0 Å². The van der Waals surface area contributed by atoms with Gasteiger partial charge in [-0.15, -0.1) is 12.4 Å². The van der Waals surface area contributed by atoms with Crippen LogP contribution >= 0.6 is 12.4 Å². The summed E-state index contributed by atoms with van der Waals surface area (Å²) in [7, 11) is -2.25. The third kappa shape index (κ3) is 4.82. The van der Waals surface area contributed by atoms with Crippen molar-refractivity contribution in [2.75, 3.05) is 23.2 Å². The van der Waals surface area contributed by atoms with Crippen LogP contribution in [-0.4, -0.2) is 40.1 Å². The van der Waals surface area contributed by atoms with Crippen LogP contribution in [0.3, 0.4) is 0 Å². The maximum atomic E-state index is 12.9. The highest BCUT2D eigenvalue weighted by Gasteiger charge is 2.30. The first-order valence-electron chi connectivity index (χ1n) is 8.72. The summed E-state index contributed by atoms with van der Waals surface area (Å²) in [6.07, 6.45) is 0.672. The van der Waals surface area contributed by atoms with E-state index in [2.05, 4.69) is 5.32 Å². The van der Waals surface area contributed by atoms with Crippen LogP contribution < -0.4 is 15.4 Å². The van der Waals surface area contributed by atoms with Crippen LogP contribution in [0.1, 0.15) is 12.8 Å². The van der Waals surface area contributed by atoms with E-state index in [1.54, 1.807) is 36.4 Å². The van der Waals surface area contributed by atoms with Gasteiger partial charge in [0.1, 0.15) is 6.10 Å². The van der Waals surface area contributed by atoms with Crippen molar-refractivity contribution in [3.8, 4) is 0 Å². The fraction of sp³-hybridized carbons (Fsp3) is 0.316. The molecule has 1 fully saturated rings. The lowest BCUT2D eigenvalue weighted by molar-refractivity contribution is -0.126. The third-order valence-corrected chi connectivity index (χ3v) is 6.32. The van der Waals surface area contributed by atoms with E-state index in [0.29, 0.717) is 24.3 Å². The number of para-hydroxylation sites is 1. The number of nitrogens with one attached hydrogen (secondary N) is 1. The second-order valence-electron chi connectivity index (χ2n) is 6.38. The molecule has 1 aliphatic rings. The van der Waals surface area contributed by atoms with E-state index in [9.17, 15) is 13.2 Å². The molecule has 9 heteroatoms. The summed E-state index contributed by atoms with van der Waals surface area (Å²) in [5, 5.41) is 2.73. The Hall–Kier alpha value is -2.13. The number of rotatable bonds is 6. The Bertz CT molecular complexity index is 908. The topological polar surface area (TPSA) is 102 Å². The number of hydrogen-bond donors (Lipinski definition) is 2. The van der Waals surface area contributed by atoms with E-state index >= 15 is 0 Å². The number of ether oxygens (including phenoxy) is 1. The fourth-order valence-electron chi connectivity index (χ4n) is 2.96. The van der Waals surface area contributed by atoms with Crippen LogP contribution in [-0.2, 0) is 19.6 Å². The summed E-state index contributed by atoms with van der Waals surface area (Å²) in [5.74, 6) is -0.295. The molecule has 1 aliphatic heterocycles. The number of nitrogens with zero attached hydrogens (tertiary/aromatic N) is 1. The monoisotopic (exact) mass is 425 g/mol. The van der Waals surface area contributed by atoms with Crippen molar-refractivity contribution in [2.45, 2.75) is 29.9 Å². The van der Waals surface area contributed by atoms with E-state index in [-0.39, 0.29) is 29.3 Å². The number of carbonyl (C=O) groups excluding carboxylic acids is 1. The first-order chi connectivity index (χ1) is 12.9. The number of benzene rings is 2. The van der Waals surface area contributed by atoms with Gasteiger partial charge in [-0.2, -0.15) is 0 Å². The Kier molecular flexibility index (Phi) is 7.42. The van der Waals surface area contributed by atoms with Gasteiger partial charge < -0.3 is 15.8 Å². The first-order valence-corrected chi connectivity index (χ1v) is 10.2. The predicted molar refractivity (Wildman–Crippen MR) is 111 cm³/mol. The molecule has 0 aromatic heterocycles. The molecule has 1 amide bonds.